The number of aromatic nitrogens is 6. The number of carbonyl (C=O) groups excluding carboxylic acids is 1. The summed E-state index contributed by atoms with van der Waals surface area (Å²) in [6.45, 7) is 4.74. The van der Waals surface area contributed by atoms with Crippen LogP contribution in [0.5, 0.6) is 0 Å². The highest BCUT2D eigenvalue weighted by Gasteiger charge is 2.34. The molecule has 0 saturated heterocycles. The Labute approximate surface area is 209 Å². The molecular formula is C24H23ClF3N7O. The number of hydrogen-bond donors (Lipinski definition) is 0. The largest absolute Gasteiger partial charge is 0.434 e. The fraction of sp³-hybridized carbons (Fsp3) is 0.333. The Balaban J connectivity index is 1.42. The number of alkyl halides is 3. The molecule has 0 fully saturated rings. The molecule has 1 aliphatic heterocycles. The molecule has 4 heterocycles. The van der Waals surface area contributed by atoms with E-state index in [1.165, 1.54) is 11.6 Å². The lowest BCUT2D eigenvalue weighted by atomic mass is 10.1. The predicted molar refractivity (Wildman–Crippen MR) is 128 cm³/mol. The van der Waals surface area contributed by atoms with E-state index in [1.807, 2.05) is 19.9 Å². The van der Waals surface area contributed by atoms with Crippen molar-refractivity contribution in [3.8, 4) is 22.8 Å². The summed E-state index contributed by atoms with van der Waals surface area (Å²) in [5.74, 6) is 0.821. The van der Waals surface area contributed by atoms with Crippen molar-refractivity contribution >= 4 is 23.3 Å². The number of anilines is 1. The third kappa shape index (κ3) is 4.27. The predicted octanol–water partition coefficient (Wildman–Crippen LogP) is 5.34. The summed E-state index contributed by atoms with van der Waals surface area (Å²) in [4.78, 5) is 18.2. The van der Waals surface area contributed by atoms with Gasteiger partial charge in [-0.2, -0.15) is 23.4 Å². The first-order valence-electron chi connectivity index (χ1n) is 11.3. The molecule has 12 heteroatoms. The van der Waals surface area contributed by atoms with Gasteiger partial charge in [0.2, 0.25) is 5.91 Å². The number of halogens is 4. The first-order valence-corrected chi connectivity index (χ1v) is 11.7. The molecule has 1 aromatic carbocycles. The first-order chi connectivity index (χ1) is 17.0. The lowest BCUT2D eigenvalue weighted by Crippen LogP contribution is -2.36. The summed E-state index contributed by atoms with van der Waals surface area (Å²) in [6, 6.07) is 8.89. The van der Waals surface area contributed by atoms with Crippen molar-refractivity contribution in [2.45, 2.75) is 45.6 Å². The number of benzene rings is 1. The highest BCUT2D eigenvalue weighted by molar-refractivity contribution is 6.33. The lowest BCUT2D eigenvalue weighted by Gasteiger charge is -2.27. The van der Waals surface area contributed by atoms with Gasteiger partial charge in [0.05, 0.1) is 24.3 Å². The molecule has 0 N–H and O–H groups in total. The van der Waals surface area contributed by atoms with Crippen LogP contribution in [0.3, 0.4) is 0 Å². The molecule has 4 aromatic rings. The van der Waals surface area contributed by atoms with Crippen LogP contribution < -0.4 is 4.90 Å². The number of nitrogens with zero attached hydrogens (tertiary/aromatic N) is 7. The second kappa shape index (κ2) is 8.81. The number of amides is 1. The summed E-state index contributed by atoms with van der Waals surface area (Å²) in [5.41, 5.74) is 1.75. The molecule has 0 bridgehead atoms. The zero-order chi connectivity index (χ0) is 25.8. The Morgan fingerprint density at radius 2 is 1.89 bits per heavy atom. The van der Waals surface area contributed by atoms with Crippen LogP contribution in [0.4, 0.5) is 19.0 Å². The van der Waals surface area contributed by atoms with Crippen molar-refractivity contribution < 1.29 is 18.0 Å². The summed E-state index contributed by atoms with van der Waals surface area (Å²) >= 11 is 6.40. The third-order valence-electron chi connectivity index (χ3n) is 6.08. The zero-order valence-electron chi connectivity index (χ0n) is 19.8. The smallest absolute Gasteiger partial charge is 0.333 e. The van der Waals surface area contributed by atoms with Gasteiger partial charge < -0.3 is 4.57 Å². The molecule has 5 rings (SSSR count). The molecule has 0 saturated carbocycles. The van der Waals surface area contributed by atoms with Gasteiger partial charge in [0.15, 0.2) is 5.69 Å². The fourth-order valence-corrected chi connectivity index (χ4v) is 4.55. The Kier molecular flexibility index (Phi) is 5.90. The standard InChI is InChI=1S/C24H23ClF3N7O/c1-14(2)35-22(17(25)11-29-35)18-10-20-33(21(36)8-9-34(20)31-18)12-15-4-6-16(7-5-15)23-30-19(13-32(23)3)24(26,27)28/h4-7,10-11,13-14H,8-9,12H2,1-3H3. The van der Waals surface area contributed by atoms with Gasteiger partial charge in [0, 0.05) is 37.3 Å². The minimum atomic E-state index is -4.51. The number of fused-ring (bicyclic) bond motifs is 1. The molecule has 188 valence electrons. The van der Waals surface area contributed by atoms with Crippen molar-refractivity contribution in [3.05, 3.63) is 59.0 Å². The van der Waals surface area contributed by atoms with Crippen LogP contribution in [0.15, 0.2) is 42.7 Å². The summed E-state index contributed by atoms with van der Waals surface area (Å²) < 4.78 is 44.0. The molecule has 0 atom stereocenters. The van der Waals surface area contributed by atoms with Gasteiger partial charge >= 0.3 is 6.18 Å². The SMILES string of the molecule is CC(C)n1ncc(Cl)c1-c1cc2n(n1)CCC(=O)N2Cc1ccc(-c2nc(C(F)(F)F)cn2C)cc1. The monoisotopic (exact) mass is 517 g/mol. The van der Waals surface area contributed by atoms with E-state index in [0.717, 1.165) is 11.8 Å². The molecule has 0 spiro atoms. The van der Waals surface area contributed by atoms with Gasteiger partial charge in [0.1, 0.15) is 23.0 Å². The first kappa shape index (κ1) is 24.1. The number of carbonyl (C=O) groups is 1. The van der Waals surface area contributed by atoms with Crippen LogP contribution >= 0.6 is 11.6 Å². The van der Waals surface area contributed by atoms with Gasteiger partial charge in [-0.3, -0.25) is 14.4 Å². The quantitative estimate of drug-likeness (QED) is 0.358. The van der Waals surface area contributed by atoms with Crippen LogP contribution in [0.2, 0.25) is 5.02 Å². The van der Waals surface area contributed by atoms with Crippen LogP contribution in [0.1, 0.15) is 37.6 Å². The Morgan fingerprint density at radius 1 is 1.17 bits per heavy atom. The maximum absolute atomic E-state index is 13.0. The maximum atomic E-state index is 13.0. The van der Waals surface area contributed by atoms with Crippen molar-refractivity contribution in [1.82, 2.24) is 29.1 Å². The van der Waals surface area contributed by atoms with E-state index in [-0.39, 0.29) is 24.3 Å². The summed E-state index contributed by atoms with van der Waals surface area (Å²) in [6.07, 6.45) is -1.66. The Morgan fingerprint density at radius 3 is 2.53 bits per heavy atom. The molecule has 1 aliphatic rings. The molecule has 36 heavy (non-hydrogen) atoms. The zero-order valence-corrected chi connectivity index (χ0v) is 20.5. The molecule has 0 radical (unpaired) electrons. The number of hydrogen-bond acceptors (Lipinski definition) is 4. The van der Waals surface area contributed by atoms with E-state index in [4.69, 9.17) is 11.6 Å². The number of rotatable bonds is 5. The van der Waals surface area contributed by atoms with E-state index in [0.29, 0.717) is 40.8 Å². The summed E-state index contributed by atoms with van der Waals surface area (Å²) in [5, 5.41) is 9.51. The highest BCUT2D eigenvalue weighted by atomic mass is 35.5. The molecule has 1 amide bonds. The van der Waals surface area contributed by atoms with E-state index in [2.05, 4.69) is 15.2 Å². The highest BCUT2D eigenvalue weighted by Crippen LogP contribution is 2.34. The Bertz CT molecular complexity index is 1430. The van der Waals surface area contributed by atoms with Crippen molar-refractivity contribution in [2.75, 3.05) is 4.90 Å². The van der Waals surface area contributed by atoms with E-state index < -0.39 is 11.9 Å². The van der Waals surface area contributed by atoms with E-state index in [1.54, 1.807) is 44.7 Å². The van der Waals surface area contributed by atoms with Crippen molar-refractivity contribution in [1.29, 1.82) is 0 Å². The van der Waals surface area contributed by atoms with Gasteiger partial charge in [-0.15, -0.1) is 0 Å². The van der Waals surface area contributed by atoms with E-state index >= 15 is 0 Å². The maximum Gasteiger partial charge on any atom is 0.434 e. The van der Waals surface area contributed by atoms with Gasteiger partial charge in [-0.05, 0) is 19.4 Å². The molecule has 0 aliphatic carbocycles. The number of imidazole rings is 1. The summed E-state index contributed by atoms with van der Waals surface area (Å²) in [7, 11) is 1.52. The Hall–Kier alpha value is -3.60. The second-order valence-corrected chi connectivity index (χ2v) is 9.38. The van der Waals surface area contributed by atoms with Crippen LogP contribution in [0, 0.1) is 0 Å². The number of aryl methyl sites for hydroxylation is 2. The van der Waals surface area contributed by atoms with Gasteiger partial charge in [-0.1, -0.05) is 35.9 Å². The van der Waals surface area contributed by atoms with Crippen LogP contribution in [0.25, 0.3) is 22.8 Å². The lowest BCUT2D eigenvalue weighted by molar-refractivity contribution is -0.140. The van der Waals surface area contributed by atoms with E-state index in [9.17, 15) is 18.0 Å². The third-order valence-corrected chi connectivity index (χ3v) is 6.35. The molecule has 0 unspecified atom stereocenters. The van der Waals surface area contributed by atoms with Crippen molar-refractivity contribution in [3.63, 3.8) is 0 Å². The van der Waals surface area contributed by atoms with Gasteiger partial charge in [0.25, 0.3) is 0 Å². The minimum Gasteiger partial charge on any atom is -0.333 e. The molecule has 3 aromatic heterocycles. The average molecular weight is 518 g/mol. The minimum absolute atomic E-state index is 0.0413. The van der Waals surface area contributed by atoms with Crippen molar-refractivity contribution in [2.24, 2.45) is 7.05 Å². The molecular weight excluding hydrogens is 495 g/mol. The van der Waals surface area contributed by atoms with Crippen LogP contribution in [-0.2, 0) is 31.1 Å². The van der Waals surface area contributed by atoms with Crippen LogP contribution in [-0.4, -0.2) is 35.0 Å². The normalized spacial score (nSPS) is 14.1. The average Bonchev–Trinajstić information content (AvgIpc) is 3.52. The fourth-order valence-electron chi connectivity index (χ4n) is 4.32. The van der Waals surface area contributed by atoms with Gasteiger partial charge in [-0.25, -0.2) is 9.67 Å². The second-order valence-electron chi connectivity index (χ2n) is 8.98. The topological polar surface area (TPSA) is 73.8 Å². The molecule has 8 nitrogen and oxygen atoms in total.